The Kier molecular flexibility index (Phi) is 6.44. The molecule has 0 saturated carbocycles. The van der Waals surface area contributed by atoms with Gasteiger partial charge in [0.15, 0.2) is 6.61 Å². The average Bonchev–Trinajstić information content (AvgIpc) is 2.70. The number of hydrogen-bond donors (Lipinski definition) is 1. The number of ether oxygens (including phenoxy) is 2. The van der Waals surface area contributed by atoms with Crippen molar-refractivity contribution < 1.29 is 19.1 Å². The molecule has 0 unspecified atom stereocenters. The smallest absolute Gasteiger partial charge is 0.316 e. The molecule has 0 radical (unpaired) electrons. The van der Waals surface area contributed by atoms with Gasteiger partial charge in [0.1, 0.15) is 10.8 Å². The number of rotatable bonds is 7. The summed E-state index contributed by atoms with van der Waals surface area (Å²) in [5.41, 5.74) is 3.05. The molecule has 0 aliphatic rings. The fourth-order valence-corrected chi connectivity index (χ4v) is 3.08. The van der Waals surface area contributed by atoms with Gasteiger partial charge < -0.3 is 14.8 Å². The number of nitrogens with zero attached hydrogens (tertiary/aromatic N) is 2. The van der Waals surface area contributed by atoms with E-state index in [1.807, 2.05) is 37.3 Å². The number of thioether (sulfide) groups is 1. The van der Waals surface area contributed by atoms with Crippen LogP contribution in [0.5, 0.6) is 5.75 Å². The Hall–Kier alpha value is -3.13. The molecule has 0 aliphatic carbocycles. The number of amides is 1. The second-order valence-corrected chi connectivity index (χ2v) is 6.89. The van der Waals surface area contributed by atoms with Gasteiger partial charge in [0.25, 0.3) is 5.91 Å². The first-order valence-electron chi connectivity index (χ1n) is 8.50. The minimum atomic E-state index is -0.508. The van der Waals surface area contributed by atoms with E-state index in [0.29, 0.717) is 16.5 Å². The monoisotopic (exact) mass is 397 g/mol. The summed E-state index contributed by atoms with van der Waals surface area (Å²) in [4.78, 5) is 32.7. The largest absolute Gasteiger partial charge is 0.495 e. The van der Waals surface area contributed by atoms with Crippen molar-refractivity contribution in [2.24, 2.45) is 0 Å². The fourth-order valence-electron chi connectivity index (χ4n) is 2.44. The normalized spacial score (nSPS) is 10.5. The lowest BCUT2D eigenvalue weighted by Gasteiger charge is -2.11. The third-order valence-electron chi connectivity index (χ3n) is 3.76. The molecule has 0 bridgehead atoms. The second-order valence-electron chi connectivity index (χ2n) is 5.90. The first-order valence-corrected chi connectivity index (χ1v) is 9.48. The molecule has 2 aromatic carbocycles. The van der Waals surface area contributed by atoms with E-state index >= 15 is 0 Å². The Balaban J connectivity index is 1.48. The molecule has 0 spiro atoms. The molecular weight excluding hydrogens is 378 g/mol. The maximum Gasteiger partial charge on any atom is 0.316 e. The van der Waals surface area contributed by atoms with Crippen LogP contribution in [0.2, 0.25) is 0 Å². The predicted octanol–water partition coefficient (Wildman–Crippen LogP) is 3.22. The van der Waals surface area contributed by atoms with Crippen LogP contribution in [0.3, 0.4) is 0 Å². The molecule has 1 heterocycles. The molecule has 1 amide bonds. The molecule has 3 aromatic rings. The molecule has 1 N–H and O–H groups in total. The topological polar surface area (TPSA) is 90.4 Å². The summed E-state index contributed by atoms with van der Waals surface area (Å²) in [5, 5.41) is 3.30. The standard InChI is InChI=1S/C20H19N3O4S/c1-13-7-8-17(26-2)16(9-13)22-18(24)11-27-20(25)12-28-19-10-21-14-5-3-4-6-15(14)23-19/h3-10H,11-12H2,1-2H3,(H,22,24). The first-order chi connectivity index (χ1) is 13.5. The van der Waals surface area contributed by atoms with Crippen LogP contribution >= 0.6 is 11.8 Å². The molecule has 0 fully saturated rings. The Morgan fingerprint density at radius 2 is 1.93 bits per heavy atom. The third kappa shape index (κ3) is 5.20. The number of anilines is 1. The Morgan fingerprint density at radius 1 is 1.14 bits per heavy atom. The van der Waals surface area contributed by atoms with Crippen LogP contribution in [0, 0.1) is 6.92 Å². The van der Waals surface area contributed by atoms with Crippen LogP contribution < -0.4 is 10.1 Å². The van der Waals surface area contributed by atoms with Crippen molar-refractivity contribution in [2.45, 2.75) is 11.9 Å². The van der Waals surface area contributed by atoms with E-state index in [1.54, 1.807) is 18.3 Å². The van der Waals surface area contributed by atoms with Gasteiger partial charge in [-0.2, -0.15) is 0 Å². The van der Waals surface area contributed by atoms with Crippen LogP contribution in [0.1, 0.15) is 5.56 Å². The van der Waals surface area contributed by atoms with E-state index < -0.39 is 11.9 Å². The highest BCUT2D eigenvalue weighted by Gasteiger charge is 2.12. The number of nitrogens with one attached hydrogen (secondary N) is 1. The highest BCUT2D eigenvalue weighted by Crippen LogP contribution is 2.25. The molecule has 8 heteroatoms. The zero-order chi connectivity index (χ0) is 19.9. The van der Waals surface area contributed by atoms with Crippen LogP contribution in [0.25, 0.3) is 11.0 Å². The predicted molar refractivity (Wildman–Crippen MR) is 108 cm³/mol. The number of benzene rings is 2. The lowest BCUT2D eigenvalue weighted by molar-refractivity contribution is -0.144. The van der Waals surface area contributed by atoms with Crippen molar-refractivity contribution in [3.05, 3.63) is 54.2 Å². The number of methoxy groups -OCH3 is 1. The van der Waals surface area contributed by atoms with E-state index in [-0.39, 0.29) is 12.4 Å². The quantitative estimate of drug-likeness (QED) is 0.483. The van der Waals surface area contributed by atoms with Gasteiger partial charge >= 0.3 is 5.97 Å². The first kappa shape index (κ1) is 19.6. The van der Waals surface area contributed by atoms with E-state index in [1.165, 1.54) is 18.9 Å². The van der Waals surface area contributed by atoms with Crippen molar-refractivity contribution in [1.29, 1.82) is 0 Å². The number of esters is 1. The van der Waals surface area contributed by atoms with Gasteiger partial charge in [-0.05, 0) is 36.8 Å². The van der Waals surface area contributed by atoms with E-state index in [0.717, 1.165) is 16.6 Å². The second kappa shape index (κ2) is 9.18. The van der Waals surface area contributed by atoms with E-state index in [4.69, 9.17) is 9.47 Å². The maximum absolute atomic E-state index is 12.0. The van der Waals surface area contributed by atoms with Crippen LogP contribution in [0.15, 0.2) is 53.7 Å². The number of aryl methyl sites for hydroxylation is 1. The molecule has 144 valence electrons. The number of para-hydroxylation sites is 2. The Bertz CT molecular complexity index is 1010. The van der Waals surface area contributed by atoms with Crippen LogP contribution in [-0.4, -0.2) is 41.3 Å². The molecule has 0 saturated heterocycles. The summed E-state index contributed by atoms with van der Waals surface area (Å²) in [7, 11) is 1.52. The summed E-state index contributed by atoms with van der Waals surface area (Å²) < 4.78 is 10.2. The molecular formula is C20H19N3O4S. The van der Waals surface area contributed by atoms with Crippen molar-refractivity contribution in [3.63, 3.8) is 0 Å². The van der Waals surface area contributed by atoms with E-state index in [2.05, 4.69) is 15.3 Å². The summed E-state index contributed by atoms with van der Waals surface area (Å²) >= 11 is 1.21. The van der Waals surface area contributed by atoms with Crippen molar-refractivity contribution in [1.82, 2.24) is 9.97 Å². The number of carbonyl (C=O) groups is 2. The highest BCUT2D eigenvalue weighted by molar-refractivity contribution is 7.99. The highest BCUT2D eigenvalue weighted by atomic mass is 32.2. The lowest BCUT2D eigenvalue weighted by Crippen LogP contribution is -2.22. The number of fused-ring (bicyclic) bond motifs is 1. The molecule has 28 heavy (non-hydrogen) atoms. The zero-order valence-electron chi connectivity index (χ0n) is 15.5. The van der Waals surface area contributed by atoms with Crippen molar-refractivity contribution in [2.75, 3.05) is 24.8 Å². The van der Waals surface area contributed by atoms with Crippen LogP contribution in [0.4, 0.5) is 5.69 Å². The SMILES string of the molecule is COc1ccc(C)cc1NC(=O)COC(=O)CSc1cnc2ccccc2n1. The number of carbonyl (C=O) groups excluding carboxylic acids is 2. The van der Waals surface area contributed by atoms with Crippen molar-refractivity contribution >= 4 is 40.4 Å². The average molecular weight is 397 g/mol. The Morgan fingerprint density at radius 3 is 2.71 bits per heavy atom. The van der Waals surface area contributed by atoms with Crippen molar-refractivity contribution in [3.8, 4) is 5.75 Å². The number of hydrogen-bond acceptors (Lipinski definition) is 7. The third-order valence-corrected chi connectivity index (χ3v) is 4.63. The minimum Gasteiger partial charge on any atom is -0.495 e. The lowest BCUT2D eigenvalue weighted by atomic mass is 10.2. The summed E-state index contributed by atoms with van der Waals surface area (Å²) in [6.45, 7) is 1.53. The van der Waals surface area contributed by atoms with Gasteiger partial charge in [0, 0.05) is 0 Å². The fraction of sp³-hybridized carbons (Fsp3) is 0.200. The maximum atomic E-state index is 12.0. The molecule has 0 atom stereocenters. The molecule has 3 rings (SSSR count). The van der Waals surface area contributed by atoms with Gasteiger partial charge in [0.2, 0.25) is 0 Å². The molecule has 0 aliphatic heterocycles. The summed E-state index contributed by atoms with van der Waals surface area (Å²) in [6, 6.07) is 12.9. The van der Waals surface area contributed by atoms with E-state index in [9.17, 15) is 9.59 Å². The van der Waals surface area contributed by atoms with Gasteiger partial charge in [-0.25, -0.2) is 4.98 Å². The minimum absolute atomic E-state index is 0.0358. The molecule has 7 nitrogen and oxygen atoms in total. The summed E-state index contributed by atoms with van der Waals surface area (Å²) in [5.74, 6) is -0.372. The molecule has 1 aromatic heterocycles. The van der Waals surface area contributed by atoms with Gasteiger partial charge in [-0.15, -0.1) is 0 Å². The van der Waals surface area contributed by atoms with Gasteiger partial charge in [-0.1, -0.05) is 30.0 Å². The zero-order valence-corrected chi connectivity index (χ0v) is 16.3. The van der Waals surface area contributed by atoms with Crippen LogP contribution in [-0.2, 0) is 14.3 Å². The number of aromatic nitrogens is 2. The summed E-state index contributed by atoms with van der Waals surface area (Å²) in [6.07, 6.45) is 1.61. The van der Waals surface area contributed by atoms with Gasteiger partial charge in [-0.3, -0.25) is 14.6 Å². The Labute approximate surface area is 166 Å². The van der Waals surface area contributed by atoms with Gasteiger partial charge in [0.05, 0.1) is 35.8 Å².